The van der Waals surface area contributed by atoms with E-state index in [2.05, 4.69) is 28.3 Å². The third-order valence-corrected chi connectivity index (χ3v) is 5.65. The lowest BCUT2D eigenvalue weighted by molar-refractivity contribution is 0.0729. The largest absolute Gasteiger partial charge is 0.334 e. The molecule has 136 valence electrons. The van der Waals surface area contributed by atoms with Crippen LogP contribution in [-0.2, 0) is 20.1 Å². The number of carbonyl (C=O) groups is 1. The van der Waals surface area contributed by atoms with Gasteiger partial charge in [0.25, 0.3) is 5.91 Å². The Morgan fingerprint density at radius 2 is 2.04 bits per heavy atom. The maximum Gasteiger partial charge on any atom is 0.254 e. The van der Waals surface area contributed by atoms with E-state index in [4.69, 9.17) is 0 Å². The molecule has 4 rings (SSSR count). The topological polar surface area (TPSA) is 51.0 Å². The summed E-state index contributed by atoms with van der Waals surface area (Å²) in [6.45, 7) is 3.12. The molecule has 5 nitrogen and oxygen atoms in total. The van der Waals surface area contributed by atoms with E-state index in [1.807, 2.05) is 52.9 Å². The molecule has 1 amide bonds. The number of aryl methyl sites for hydroxylation is 2. The minimum Gasteiger partial charge on any atom is -0.334 e. The first kappa shape index (κ1) is 17.4. The average Bonchev–Trinajstić information content (AvgIpc) is 3.27. The van der Waals surface area contributed by atoms with Crippen LogP contribution in [0.1, 0.15) is 26.5 Å². The van der Waals surface area contributed by atoms with Crippen molar-refractivity contribution in [3.63, 3.8) is 0 Å². The zero-order chi connectivity index (χ0) is 18.8. The monoisotopic (exact) mass is 376 g/mol. The molecule has 0 N–H and O–H groups in total. The van der Waals surface area contributed by atoms with Crippen LogP contribution in [0.5, 0.6) is 0 Å². The zero-order valence-electron chi connectivity index (χ0n) is 15.3. The number of rotatable bonds is 5. The fourth-order valence-electron chi connectivity index (χ4n) is 3.08. The number of aromatic nitrogens is 3. The molecule has 0 spiro atoms. The molecule has 0 aliphatic heterocycles. The van der Waals surface area contributed by atoms with Gasteiger partial charge in [-0.1, -0.05) is 6.07 Å². The van der Waals surface area contributed by atoms with Crippen molar-refractivity contribution in [1.29, 1.82) is 0 Å². The van der Waals surface area contributed by atoms with Crippen LogP contribution in [0.4, 0.5) is 0 Å². The molecule has 0 fully saturated rings. The molecule has 6 heteroatoms. The van der Waals surface area contributed by atoms with E-state index in [0.29, 0.717) is 18.7 Å². The molecule has 0 bridgehead atoms. The lowest BCUT2D eigenvalue weighted by Crippen LogP contribution is -2.30. The molecule has 0 atom stereocenters. The molecule has 27 heavy (non-hydrogen) atoms. The second-order valence-corrected chi connectivity index (χ2v) is 7.57. The summed E-state index contributed by atoms with van der Waals surface area (Å²) >= 11 is 1.68. The number of hydrogen-bond donors (Lipinski definition) is 0. The summed E-state index contributed by atoms with van der Waals surface area (Å²) in [6.07, 6.45) is 3.52. The Labute approximate surface area is 161 Å². The predicted octanol–water partition coefficient (Wildman–Crippen LogP) is 4.18. The van der Waals surface area contributed by atoms with Crippen LogP contribution in [-0.4, -0.2) is 25.3 Å². The molecule has 0 aliphatic carbocycles. The number of benzene rings is 1. The quantitative estimate of drug-likeness (QED) is 0.525. The highest BCUT2D eigenvalue weighted by Crippen LogP contribution is 2.22. The predicted molar refractivity (Wildman–Crippen MR) is 108 cm³/mol. The fourth-order valence-corrected chi connectivity index (χ4v) is 4.00. The number of thiophene rings is 1. The number of pyridine rings is 1. The van der Waals surface area contributed by atoms with Gasteiger partial charge in [0.15, 0.2) is 0 Å². The molecule has 0 radical (unpaired) electrons. The summed E-state index contributed by atoms with van der Waals surface area (Å²) in [7, 11) is 1.95. The van der Waals surface area contributed by atoms with Crippen molar-refractivity contribution >= 4 is 28.3 Å². The summed E-state index contributed by atoms with van der Waals surface area (Å²) in [5.41, 5.74) is 4.56. The SMILES string of the molecule is Cc1ccsc1CN(Cc1ccccn1)C(=O)c1ccc2c(c1)ncn2C. The van der Waals surface area contributed by atoms with E-state index in [0.717, 1.165) is 16.7 Å². The average molecular weight is 376 g/mol. The van der Waals surface area contributed by atoms with Gasteiger partial charge in [0, 0.05) is 23.7 Å². The van der Waals surface area contributed by atoms with Crippen molar-refractivity contribution < 1.29 is 4.79 Å². The van der Waals surface area contributed by atoms with E-state index >= 15 is 0 Å². The highest BCUT2D eigenvalue weighted by Gasteiger charge is 2.19. The van der Waals surface area contributed by atoms with Crippen LogP contribution in [0.2, 0.25) is 0 Å². The lowest BCUT2D eigenvalue weighted by Gasteiger charge is -2.22. The summed E-state index contributed by atoms with van der Waals surface area (Å²) in [6, 6.07) is 13.6. The molecule has 0 saturated heterocycles. The summed E-state index contributed by atoms with van der Waals surface area (Å²) < 4.78 is 1.95. The molecule has 3 aromatic heterocycles. The van der Waals surface area contributed by atoms with Crippen molar-refractivity contribution in [3.05, 3.63) is 82.1 Å². The Bertz CT molecular complexity index is 1080. The summed E-state index contributed by atoms with van der Waals surface area (Å²) in [5.74, 6) is -0.0130. The Morgan fingerprint density at radius 3 is 2.78 bits per heavy atom. The molecule has 4 aromatic rings. The molecule has 0 aliphatic rings. The third-order valence-electron chi connectivity index (χ3n) is 4.64. The van der Waals surface area contributed by atoms with Gasteiger partial charge in [-0.15, -0.1) is 11.3 Å². The van der Waals surface area contributed by atoms with Gasteiger partial charge in [-0.05, 0) is 54.3 Å². The lowest BCUT2D eigenvalue weighted by atomic mass is 10.1. The number of nitrogens with zero attached hydrogens (tertiary/aromatic N) is 4. The number of hydrogen-bond acceptors (Lipinski definition) is 4. The zero-order valence-corrected chi connectivity index (χ0v) is 16.1. The van der Waals surface area contributed by atoms with Gasteiger partial charge >= 0.3 is 0 Å². The van der Waals surface area contributed by atoms with Crippen LogP contribution in [0.3, 0.4) is 0 Å². The van der Waals surface area contributed by atoms with Gasteiger partial charge in [0.05, 0.1) is 36.1 Å². The first-order valence-electron chi connectivity index (χ1n) is 8.75. The van der Waals surface area contributed by atoms with E-state index in [-0.39, 0.29) is 5.91 Å². The van der Waals surface area contributed by atoms with Crippen molar-refractivity contribution in [2.75, 3.05) is 0 Å². The van der Waals surface area contributed by atoms with E-state index in [1.54, 1.807) is 23.9 Å². The Morgan fingerprint density at radius 1 is 1.15 bits per heavy atom. The van der Waals surface area contributed by atoms with Crippen molar-refractivity contribution in [3.8, 4) is 0 Å². The van der Waals surface area contributed by atoms with Gasteiger partial charge in [-0.3, -0.25) is 9.78 Å². The first-order chi connectivity index (χ1) is 13.1. The molecule has 0 unspecified atom stereocenters. The minimum absolute atomic E-state index is 0.0130. The minimum atomic E-state index is -0.0130. The maximum atomic E-state index is 13.3. The van der Waals surface area contributed by atoms with E-state index in [1.165, 1.54) is 10.4 Å². The van der Waals surface area contributed by atoms with Crippen molar-refractivity contribution in [2.45, 2.75) is 20.0 Å². The highest BCUT2D eigenvalue weighted by molar-refractivity contribution is 7.10. The number of imidazole rings is 1. The number of carbonyl (C=O) groups excluding carboxylic acids is 1. The second-order valence-electron chi connectivity index (χ2n) is 6.57. The van der Waals surface area contributed by atoms with Crippen LogP contribution in [0, 0.1) is 6.92 Å². The highest BCUT2D eigenvalue weighted by atomic mass is 32.1. The summed E-state index contributed by atoms with van der Waals surface area (Å²) in [4.78, 5) is 25.1. The number of fused-ring (bicyclic) bond motifs is 1. The molecule has 1 aromatic carbocycles. The smallest absolute Gasteiger partial charge is 0.254 e. The van der Waals surface area contributed by atoms with Crippen molar-refractivity contribution in [1.82, 2.24) is 19.4 Å². The van der Waals surface area contributed by atoms with Gasteiger partial charge < -0.3 is 9.47 Å². The molecule has 3 heterocycles. The second kappa shape index (κ2) is 7.32. The number of amides is 1. The van der Waals surface area contributed by atoms with E-state index in [9.17, 15) is 4.79 Å². The molecular weight excluding hydrogens is 356 g/mol. The molecule has 0 saturated carbocycles. The van der Waals surface area contributed by atoms with Gasteiger partial charge in [-0.25, -0.2) is 4.98 Å². The first-order valence-corrected chi connectivity index (χ1v) is 9.63. The molecular formula is C21H20N4OS. The van der Waals surface area contributed by atoms with Gasteiger partial charge in [-0.2, -0.15) is 0 Å². The maximum absolute atomic E-state index is 13.3. The normalized spacial score (nSPS) is 11.0. The fraction of sp³-hybridized carbons (Fsp3) is 0.190. The Hall–Kier alpha value is -2.99. The Kier molecular flexibility index (Phi) is 4.73. The van der Waals surface area contributed by atoms with Crippen LogP contribution >= 0.6 is 11.3 Å². The van der Waals surface area contributed by atoms with Crippen molar-refractivity contribution in [2.24, 2.45) is 7.05 Å². The Balaban J connectivity index is 1.66. The van der Waals surface area contributed by atoms with Crippen LogP contribution < -0.4 is 0 Å². The summed E-state index contributed by atoms with van der Waals surface area (Å²) in [5, 5.41) is 2.06. The van der Waals surface area contributed by atoms with E-state index < -0.39 is 0 Å². The third kappa shape index (κ3) is 3.61. The van der Waals surface area contributed by atoms with Crippen LogP contribution in [0.25, 0.3) is 11.0 Å². The van der Waals surface area contributed by atoms with Gasteiger partial charge in [0.1, 0.15) is 0 Å². The van der Waals surface area contributed by atoms with Gasteiger partial charge in [0.2, 0.25) is 0 Å². The standard InChI is InChI=1S/C21H20N4OS/c1-15-8-10-27-20(15)13-25(12-17-5-3-4-9-22-17)21(26)16-6-7-19-18(11-16)23-14-24(19)2/h3-11,14H,12-13H2,1-2H3. The van der Waals surface area contributed by atoms with Crippen LogP contribution in [0.15, 0.2) is 60.4 Å².